The molecule has 1 fully saturated rings. The molecule has 2 rings (SSSR count). The van der Waals surface area contributed by atoms with Gasteiger partial charge in [0.05, 0.1) is 22.6 Å². The first kappa shape index (κ1) is 17.0. The van der Waals surface area contributed by atoms with Crippen LogP contribution in [0.2, 0.25) is 0 Å². The Hall–Kier alpha value is -1.41. The van der Waals surface area contributed by atoms with Crippen LogP contribution in [0.3, 0.4) is 0 Å². The molecule has 1 aromatic rings. The normalized spacial score (nSPS) is 23.0. The van der Waals surface area contributed by atoms with Crippen molar-refractivity contribution in [3.05, 3.63) is 28.2 Å². The van der Waals surface area contributed by atoms with Crippen molar-refractivity contribution >= 4 is 38.0 Å². The largest absolute Gasteiger partial charge is 0.483 e. The molecule has 1 aromatic carbocycles. The van der Waals surface area contributed by atoms with Gasteiger partial charge in [-0.15, -0.1) is 0 Å². The third-order valence-corrected chi connectivity index (χ3v) is 5.80. The van der Waals surface area contributed by atoms with Crippen molar-refractivity contribution in [3.63, 3.8) is 0 Å². The second-order valence-corrected chi connectivity index (χ2v) is 8.64. The quantitative estimate of drug-likeness (QED) is 0.767. The lowest BCUT2D eigenvalue weighted by Crippen LogP contribution is -2.48. The molecule has 0 bridgehead atoms. The van der Waals surface area contributed by atoms with Crippen molar-refractivity contribution in [2.75, 3.05) is 18.1 Å². The number of hydrogen-bond acceptors (Lipinski definition) is 5. The van der Waals surface area contributed by atoms with Gasteiger partial charge in [0.25, 0.3) is 5.91 Å². The Morgan fingerprint density at radius 3 is 2.82 bits per heavy atom. The predicted molar refractivity (Wildman–Crippen MR) is 84.8 cm³/mol. The fourth-order valence-corrected chi connectivity index (χ4v) is 4.84. The molecular formula is C14H16BrNO5S. The van der Waals surface area contributed by atoms with Gasteiger partial charge in [-0.2, -0.15) is 0 Å². The Morgan fingerprint density at radius 1 is 1.50 bits per heavy atom. The zero-order valence-electron chi connectivity index (χ0n) is 12.0. The lowest BCUT2D eigenvalue weighted by Gasteiger charge is -2.23. The van der Waals surface area contributed by atoms with E-state index in [9.17, 15) is 18.0 Å². The minimum Gasteiger partial charge on any atom is -0.483 e. The van der Waals surface area contributed by atoms with E-state index in [0.29, 0.717) is 24.0 Å². The number of hydrogen-bond donors (Lipinski definition) is 1. The molecule has 0 saturated carbocycles. The number of amides is 1. The maximum Gasteiger partial charge on any atom is 0.258 e. The Kier molecular flexibility index (Phi) is 4.91. The average molecular weight is 390 g/mol. The van der Waals surface area contributed by atoms with Crippen molar-refractivity contribution in [2.24, 2.45) is 0 Å². The van der Waals surface area contributed by atoms with Gasteiger partial charge in [0.2, 0.25) is 0 Å². The first-order valence-corrected chi connectivity index (χ1v) is 9.23. The summed E-state index contributed by atoms with van der Waals surface area (Å²) in [5.74, 6) is -0.104. The van der Waals surface area contributed by atoms with E-state index in [-0.39, 0.29) is 18.1 Å². The Bertz CT molecular complexity index is 703. The van der Waals surface area contributed by atoms with Crippen molar-refractivity contribution in [1.29, 1.82) is 0 Å². The van der Waals surface area contributed by atoms with E-state index in [1.54, 1.807) is 25.1 Å². The number of sulfone groups is 1. The van der Waals surface area contributed by atoms with Crippen LogP contribution in [0.5, 0.6) is 5.75 Å². The van der Waals surface area contributed by atoms with Crippen LogP contribution < -0.4 is 10.1 Å². The molecule has 120 valence electrons. The average Bonchev–Trinajstić information content (AvgIpc) is 2.70. The lowest BCUT2D eigenvalue weighted by molar-refractivity contribution is -0.124. The fourth-order valence-electron chi connectivity index (χ4n) is 2.37. The Labute approximate surface area is 137 Å². The number of ether oxygens (including phenoxy) is 1. The maximum absolute atomic E-state index is 11.9. The third-order valence-electron chi connectivity index (χ3n) is 3.40. The molecule has 0 aliphatic carbocycles. The molecule has 22 heavy (non-hydrogen) atoms. The van der Waals surface area contributed by atoms with Crippen LogP contribution in [0.1, 0.15) is 23.7 Å². The summed E-state index contributed by atoms with van der Waals surface area (Å²) in [5.41, 5.74) is -0.427. The Morgan fingerprint density at radius 2 is 2.23 bits per heavy atom. The molecule has 0 spiro atoms. The smallest absolute Gasteiger partial charge is 0.258 e. The second-order valence-electron chi connectivity index (χ2n) is 5.54. The molecule has 6 nitrogen and oxygen atoms in total. The number of benzene rings is 1. The molecule has 8 heteroatoms. The van der Waals surface area contributed by atoms with E-state index < -0.39 is 21.3 Å². The lowest BCUT2D eigenvalue weighted by atomic mass is 10.0. The van der Waals surface area contributed by atoms with Gasteiger partial charge in [-0.3, -0.25) is 9.59 Å². The molecule has 1 aliphatic rings. The Balaban J connectivity index is 1.95. The topological polar surface area (TPSA) is 89.5 Å². The number of carbonyl (C=O) groups is 2. The minimum absolute atomic E-state index is 0.0659. The molecular weight excluding hydrogens is 374 g/mol. The van der Waals surface area contributed by atoms with Gasteiger partial charge in [0, 0.05) is 4.47 Å². The van der Waals surface area contributed by atoms with Crippen molar-refractivity contribution < 1.29 is 22.7 Å². The highest BCUT2D eigenvalue weighted by molar-refractivity contribution is 9.10. The predicted octanol–water partition coefficient (Wildman–Crippen LogP) is 1.33. The fraction of sp³-hybridized carbons (Fsp3) is 0.429. The van der Waals surface area contributed by atoms with Crippen LogP contribution in [-0.4, -0.2) is 44.3 Å². The summed E-state index contributed by atoms with van der Waals surface area (Å²) in [4.78, 5) is 22.9. The van der Waals surface area contributed by atoms with Gasteiger partial charge in [-0.1, -0.05) is 15.9 Å². The summed E-state index contributed by atoms with van der Waals surface area (Å²) in [7, 11) is -3.09. The monoisotopic (exact) mass is 389 g/mol. The van der Waals surface area contributed by atoms with Crippen LogP contribution in [0, 0.1) is 0 Å². The van der Waals surface area contributed by atoms with E-state index in [0.717, 1.165) is 4.47 Å². The van der Waals surface area contributed by atoms with Crippen LogP contribution >= 0.6 is 15.9 Å². The SMILES string of the molecule is C[C@@]1(NC(=O)COc2ccc(Br)cc2C=O)CCS(=O)(=O)C1. The first-order chi connectivity index (χ1) is 10.2. The summed E-state index contributed by atoms with van der Waals surface area (Å²) in [6.45, 7) is 1.42. The second kappa shape index (κ2) is 6.37. The van der Waals surface area contributed by atoms with Crippen molar-refractivity contribution in [1.82, 2.24) is 5.32 Å². The van der Waals surface area contributed by atoms with E-state index in [2.05, 4.69) is 21.2 Å². The molecule has 0 unspecified atom stereocenters. The standard InChI is InChI=1S/C14H16BrNO5S/c1-14(4-5-22(19,20)9-14)16-13(18)8-21-12-3-2-11(15)6-10(12)7-17/h2-3,6-7H,4-5,8-9H2,1H3,(H,16,18)/t14-/m1/s1. The zero-order valence-corrected chi connectivity index (χ0v) is 14.4. The summed E-state index contributed by atoms with van der Waals surface area (Å²) < 4.78 is 29.1. The highest BCUT2D eigenvalue weighted by Gasteiger charge is 2.39. The highest BCUT2D eigenvalue weighted by atomic mass is 79.9. The summed E-state index contributed by atoms with van der Waals surface area (Å²) in [6.07, 6.45) is 1.03. The van der Waals surface area contributed by atoms with Crippen LogP contribution in [-0.2, 0) is 14.6 Å². The number of nitrogens with one attached hydrogen (secondary N) is 1. The minimum atomic E-state index is -3.09. The van der Waals surface area contributed by atoms with E-state index >= 15 is 0 Å². The maximum atomic E-state index is 11.9. The van der Waals surface area contributed by atoms with Gasteiger partial charge in [-0.05, 0) is 31.5 Å². The molecule has 1 N–H and O–H groups in total. The van der Waals surface area contributed by atoms with Crippen LogP contribution in [0.4, 0.5) is 0 Å². The summed E-state index contributed by atoms with van der Waals surface area (Å²) in [6, 6.07) is 4.87. The van der Waals surface area contributed by atoms with Gasteiger partial charge < -0.3 is 10.1 Å². The van der Waals surface area contributed by atoms with Crippen LogP contribution in [0.25, 0.3) is 0 Å². The van der Waals surface area contributed by atoms with Crippen molar-refractivity contribution in [3.8, 4) is 5.75 Å². The number of rotatable bonds is 5. The third kappa shape index (κ3) is 4.30. The number of aldehydes is 1. The van der Waals surface area contributed by atoms with Gasteiger partial charge in [0.15, 0.2) is 22.7 Å². The molecule has 0 radical (unpaired) electrons. The van der Waals surface area contributed by atoms with E-state index in [1.807, 2.05) is 0 Å². The van der Waals surface area contributed by atoms with E-state index in [1.165, 1.54) is 0 Å². The molecule has 1 saturated heterocycles. The summed E-state index contributed by atoms with van der Waals surface area (Å²) >= 11 is 3.24. The zero-order chi connectivity index (χ0) is 16.4. The molecule has 0 aromatic heterocycles. The van der Waals surface area contributed by atoms with Crippen molar-refractivity contribution in [2.45, 2.75) is 18.9 Å². The number of halogens is 1. The van der Waals surface area contributed by atoms with Gasteiger partial charge in [0.1, 0.15) is 5.75 Å². The van der Waals surface area contributed by atoms with Gasteiger partial charge in [-0.25, -0.2) is 8.42 Å². The molecule has 1 amide bonds. The van der Waals surface area contributed by atoms with Crippen LogP contribution in [0.15, 0.2) is 22.7 Å². The molecule has 1 heterocycles. The molecule has 1 atom stereocenters. The number of carbonyl (C=O) groups excluding carboxylic acids is 2. The van der Waals surface area contributed by atoms with E-state index in [4.69, 9.17) is 4.74 Å². The van der Waals surface area contributed by atoms with Gasteiger partial charge >= 0.3 is 0 Å². The first-order valence-electron chi connectivity index (χ1n) is 6.62. The highest BCUT2D eigenvalue weighted by Crippen LogP contribution is 2.23. The molecule has 1 aliphatic heterocycles. The summed E-state index contributed by atoms with van der Waals surface area (Å²) in [5, 5.41) is 2.69.